The average molecular weight is 373 g/mol. The highest BCUT2D eigenvalue weighted by Gasteiger charge is 2.05. The molecule has 0 aliphatic rings. The largest absolute Gasteiger partial charge is 0.489 e. The maximum Gasteiger partial charge on any atom is 0.211 e. The summed E-state index contributed by atoms with van der Waals surface area (Å²) in [6.45, 7) is 3.45. The molecule has 6 nitrogen and oxygen atoms in total. The van der Waals surface area contributed by atoms with Crippen LogP contribution in [0.2, 0.25) is 0 Å². The zero-order valence-corrected chi connectivity index (χ0v) is 15.6. The lowest BCUT2D eigenvalue weighted by Gasteiger charge is -2.10. The molecular formula is C19H23N3O3S. The maximum absolute atomic E-state index is 11.3. The Labute approximate surface area is 154 Å². The fourth-order valence-electron chi connectivity index (χ4n) is 2.29. The molecule has 26 heavy (non-hydrogen) atoms. The highest BCUT2D eigenvalue weighted by Crippen LogP contribution is 2.16. The third kappa shape index (κ3) is 6.48. The van der Waals surface area contributed by atoms with Crippen LogP contribution < -0.4 is 14.8 Å². The molecule has 0 radical (unpaired) electrons. The molecule has 0 saturated heterocycles. The number of nitrogens with zero attached hydrogens (tertiary/aromatic N) is 1. The Morgan fingerprint density at radius 3 is 2.69 bits per heavy atom. The topological polar surface area (TPSA) is 91.2 Å². The van der Waals surface area contributed by atoms with Crippen LogP contribution in [0.4, 0.5) is 0 Å². The number of hydrogen-bond donors (Lipinski definition) is 2. The Balaban J connectivity index is 1.81. The van der Waals surface area contributed by atoms with Crippen LogP contribution in [0, 0.1) is 11.3 Å². The van der Waals surface area contributed by atoms with Crippen LogP contribution in [-0.4, -0.2) is 27.3 Å². The second-order valence-corrected chi connectivity index (χ2v) is 7.78. The van der Waals surface area contributed by atoms with E-state index in [9.17, 15) is 8.42 Å². The van der Waals surface area contributed by atoms with Crippen molar-refractivity contribution in [3.63, 3.8) is 0 Å². The van der Waals surface area contributed by atoms with Crippen molar-refractivity contribution < 1.29 is 13.2 Å². The molecule has 0 aliphatic carbocycles. The van der Waals surface area contributed by atoms with Gasteiger partial charge in [-0.2, -0.15) is 5.26 Å². The molecule has 0 heterocycles. The van der Waals surface area contributed by atoms with Crippen LogP contribution in [-0.2, 0) is 23.2 Å². The van der Waals surface area contributed by atoms with E-state index in [0.29, 0.717) is 31.8 Å². The molecular weight excluding hydrogens is 350 g/mol. The van der Waals surface area contributed by atoms with Crippen molar-refractivity contribution in [3.8, 4) is 11.8 Å². The van der Waals surface area contributed by atoms with Gasteiger partial charge in [0.25, 0.3) is 0 Å². The zero-order chi connectivity index (χ0) is 18.8. The van der Waals surface area contributed by atoms with Gasteiger partial charge in [0.2, 0.25) is 10.0 Å². The van der Waals surface area contributed by atoms with Gasteiger partial charge in [0, 0.05) is 25.2 Å². The number of hydrogen-bond acceptors (Lipinski definition) is 5. The van der Waals surface area contributed by atoms with Gasteiger partial charge >= 0.3 is 0 Å². The van der Waals surface area contributed by atoms with Crippen molar-refractivity contribution in [1.82, 2.24) is 10.0 Å². The molecule has 2 rings (SSSR count). The molecule has 0 spiro atoms. The molecule has 0 unspecified atom stereocenters. The van der Waals surface area contributed by atoms with Gasteiger partial charge in [0.1, 0.15) is 12.4 Å². The summed E-state index contributed by atoms with van der Waals surface area (Å²) in [5.41, 5.74) is 2.50. The second kappa shape index (κ2) is 9.92. The van der Waals surface area contributed by atoms with Gasteiger partial charge in [-0.05, 0) is 30.7 Å². The van der Waals surface area contributed by atoms with Gasteiger partial charge in [-0.3, -0.25) is 0 Å². The maximum atomic E-state index is 11.3. The van der Waals surface area contributed by atoms with Gasteiger partial charge < -0.3 is 10.1 Å². The normalized spacial score (nSPS) is 11.1. The predicted molar refractivity (Wildman–Crippen MR) is 101 cm³/mol. The number of sulfonamides is 1. The van der Waals surface area contributed by atoms with E-state index in [4.69, 9.17) is 10.00 Å². The summed E-state index contributed by atoms with van der Waals surface area (Å²) >= 11 is 0. The van der Waals surface area contributed by atoms with Crippen molar-refractivity contribution >= 4 is 10.0 Å². The Bertz CT molecular complexity index is 860. The third-order valence-corrected chi connectivity index (χ3v) is 5.17. The van der Waals surface area contributed by atoms with E-state index < -0.39 is 10.0 Å². The van der Waals surface area contributed by atoms with Crippen molar-refractivity contribution in [2.75, 3.05) is 18.8 Å². The summed E-state index contributed by atoms with van der Waals surface area (Å²) in [5, 5.41) is 12.3. The van der Waals surface area contributed by atoms with Gasteiger partial charge in [-0.15, -0.1) is 0 Å². The van der Waals surface area contributed by atoms with Crippen LogP contribution >= 0.6 is 0 Å². The number of nitriles is 1. The summed E-state index contributed by atoms with van der Waals surface area (Å²) in [6.07, 6.45) is 0. The lowest BCUT2D eigenvalue weighted by molar-refractivity contribution is 0.305. The molecule has 2 aromatic carbocycles. The molecule has 2 N–H and O–H groups in total. The molecule has 0 aliphatic heterocycles. The first-order chi connectivity index (χ1) is 12.5. The number of ether oxygens (including phenoxy) is 1. The summed E-state index contributed by atoms with van der Waals surface area (Å²) < 4.78 is 31.0. The second-order valence-electron chi connectivity index (χ2n) is 5.68. The zero-order valence-electron chi connectivity index (χ0n) is 14.7. The van der Waals surface area contributed by atoms with Gasteiger partial charge in [-0.1, -0.05) is 30.3 Å². The minimum atomic E-state index is -3.14. The molecule has 0 saturated carbocycles. The van der Waals surface area contributed by atoms with Crippen molar-refractivity contribution in [2.45, 2.75) is 20.1 Å². The predicted octanol–water partition coefficient (Wildman–Crippen LogP) is 2.17. The van der Waals surface area contributed by atoms with E-state index in [0.717, 1.165) is 16.9 Å². The van der Waals surface area contributed by atoms with Crippen LogP contribution in [0.15, 0.2) is 48.5 Å². The van der Waals surface area contributed by atoms with Gasteiger partial charge in [0.15, 0.2) is 0 Å². The Morgan fingerprint density at radius 2 is 1.92 bits per heavy atom. The summed E-state index contributed by atoms with van der Waals surface area (Å²) in [6, 6.07) is 17.2. The van der Waals surface area contributed by atoms with Crippen LogP contribution in [0.5, 0.6) is 5.75 Å². The van der Waals surface area contributed by atoms with Crippen LogP contribution in [0.25, 0.3) is 0 Å². The SMILES string of the molecule is CCS(=O)(=O)NCCNCc1cccc(OCc2ccccc2C#N)c1. The summed E-state index contributed by atoms with van der Waals surface area (Å²) in [4.78, 5) is 0. The lowest BCUT2D eigenvalue weighted by atomic mass is 10.1. The van der Waals surface area contributed by atoms with Crippen molar-refractivity contribution in [1.29, 1.82) is 5.26 Å². The summed E-state index contributed by atoms with van der Waals surface area (Å²) in [5.74, 6) is 0.810. The fourth-order valence-corrected chi connectivity index (χ4v) is 2.91. The van der Waals surface area contributed by atoms with E-state index >= 15 is 0 Å². The molecule has 2 aromatic rings. The Kier molecular flexibility index (Phi) is 7.60. The first-order valence-corrected chi connectivity index (χ1v) is 10.1. The average Bonchev–Trinajstić information content (AvgIpc) is 2.66. The molecule has 0 atom stereocenters. The fraction of sp³-hybridized carbons (Fsp3) is 0.316. The number of nitrogens with one attached hydrogen (secondary N) is 2. The molecule has 138 valence electrons. The number of benzene rings is 2. The van der Waals surface area contributed by atoms with E-state index in [1.54, 1.807) is 13.0 Å². The van der Waals surface area contributed by atoms with E-state index in [1.165, 1.54) is 0 Å². The minimum absolute atomic E-state index is 0.0846. The lowest BCUT2D eigenvalue weighted by Crippen LogP contribution is -2.32. The van der Waals surface area contributed by atoms with E-state index in [-0.39, 0.29) is 5.75 Å². The van der Waals surface area contributed by atoms with Gasteiger partial charge in [-0.25, -0.2) is 13.1 Å². The Hall–Kier alpha value is -2.40. The smallest absolute Gasteiger partial charge is 0.211 e. The molecule has 0 aromatic heterocycles. The summed E-state index contributed by atoms with van der Waals surface area (Å²) in [7, 11) is -3.14. The van der Waals surface area contributed by atoms with Crippen LogP contribution in [0.3, 0.4) is 0 Å². The van der Waals surface area contributed by atoms with Crippen LogP contribution in [0.1, 0.15) is 23.6 Å². The molecule has 7 heteroatoms. The number of rotatable bonds is 10. The van der Waals surface area contributed by atoms with Crippen molar-refractivity contribution in [2.24, 2.45) is 0 Å². The third-order valence-electron chi connectivity index (χ3n) is 3.76. The minimum Gasteiger partial charge on any atom is -0.489 e. The molecule has 0 bridgehead atoms. The highest BCUT2D eigenvalue weighted by atomic mass is 32.2. The van der Waals surface area contributed by atoms with Crippen molar-refractivity contribution in [3.05, 3.63) is 65.2 Å². The molecule has 0 fully saturated rings. The quantitative estimate of drug-likeness (QED) is 0.623. The highest BCUT2D eigenvalue weighted by molar-refractivity contribution is 7.89. The first-order valence-electron chi connectivity index (χ1n) is 8.42. The first kappa shape index (κ1) is 19.9. The van der Waals surface area contributed by atoms with E-state index in [2.05, 4.69) is 16.1 Å². The Morgan fingerprint density at radius 1 is 1.12 bits per heavy atom. The van der Waals surface area contributed by atoms with E-state index in [1.807, 2.05) is 42.5 Å². The molecule has 0 amide bonds. The monoisotopic (exact) mass is 373 g/mol. The standard InChI is InChI=1S/C19H23N3O3S/c1-2-26(23,24)22-11-10-21-14-16-6-5-9-19(12-16)25-15-18-8-4-3-7-17(18)13-20/h3-9,12,21-22H,2,10-11,14-15H2,1H3. The van der Waals surface area contributed by atoms with Gasteiger partial charge in [0.05, 0.1) is 17.4 Å².